The minimum atomic E-state index is -0.288. The van der Waals surface area contributed by atoms with Crippen LogP contribution in [0.1, 0.15) is 40.2 Å². The Bertz CT molecular complexity index is 823. The van der Waals surface area contributed by atoms with Crippen LogP contribution in [0.25, 0.3) is 0 Å². The van der Waals surface area contributed by atoms with Crippen LogP contribution in [0.5, 0.6) is 0 Å². The van der Waals surface area contributed by atoms with E-state index in [0.29, 0.717) is 13.2 Å². The quantitative estimate of drug-likeness (QED) is 0.725. The lowest BCUT2D eigenvalue weighted by atomic mass is 9.87. The van der Waals surface area contributed by atoms with Crippen LogP contribution in [0.4, 0.5) is 11.6 Å². The first-order valence-electron chi connectivity index (χ1n) is 10.1. The molecule has 1 atom stereocenters. The van der Waals surface area contributed by atoms with Crippen molar-refractivity contribution in [2.45, 2.75) is 57.0 Å². The van der Waals surface area contributed by atoms with Crippen molar-refractivity contribution in [1.29, 1.82) is 0 Å². The molecular formula is C21H31N5O2S. The van der Waals surface area contributed by atoms with Gasteiger partial charge in [-0.15, -0.1) is 10.2 Å². The average molecular weight is 418 g/mol. The van der Waals surface area contributed by atoms with Crippen molar-refractivity contribution in [2.75, 3.05) is 36.5 Å². The second-order valence-corrected chi connectivity index (χ2v) is 9.51. The minimum Gasteiger partial charge on any atom is -0.378 e. The second-order valence-electron chi connectivity index (χ2n) is 8.20. The number of carbonyl (C=O) groups is 1. The first kappa shape index (κ1) is 21.6. The number of thioether (sulfide) groups is 1. The van der Waals surface area contributed by atoms with Crippen molar-refractivity contribution in [1.82, 2.24) is 14.8 Å². The first-order valence-corrected chi connectivity index (χ1v) is 11.0. The predicted molar refractivity (Wildman–Crippen MR) is 118 cm³/mol. The Balaban J connectivity index is 1.64. The number of anilines is 2. The molecule has 8 heteroatoms. The third kappa shape index (κ3) is 5.30. The highest BCUT2D eigenvalue weighted by Gasteiger charge is 2.23. The van der Waals surface area contributed by atoms with Crippen molar-refractivity contribution in [3.63, 3.8) is 0 Å². The van der Waals surface area contributed by atoms with E-state index in [1.54, 1.807) is 0 Å². The molecule has 1 aromatic heterocycles. The van der Waals surface area contributed by atoms with Gasteiger partial charge in [-0.1, -0.05) is 44.7 Å². The molecule has 158 valence electrons. The molecule has 3 rings (SSSR count). The van der Waals surface area contributed by atoms with Gasteiger partial charge in [0.25, 0.3) is 0 Å². The summed E-state index contributed by atoms with van der Waals surface area (Å²) in [7, 11) is 0. The van der Waals surface area contributed by atoms with Gasteiger partial charge in [-0.3, -0.25) is 9.36 Å². The van der Waals surface area contributed by atoms with E-state index < -0.39 is 0 Å². The Morgan fingerprint density at radius 3 is 2.45 bits per heavy atom. The number of benzene rings is 1. The summed E-state index contributed by atoms with van der Waals surface area (Å²) in [6, 6.07) is 8.05. The van der Waals surface area contributed by atoms with Crippen molar-refractivity contribution >= 4 is 29.3 Å². The smallest absolute Gasteiger partial charge is 0.237 e. The predicted octanol–water partition coefficient (Wildman–Crippen LogP) is 3.55. The molecule has 0 radical (unpaired) electrons. The Kier molecular flexibility index (Phi) is 6.85. The van der Waals surface area contributed by atoms with Gasteiger partial charge < -0.3 is 15.0 Å². The minimum absolute atomic E-state index is 0.0444. The molecule has 29 heavy (non-hydrogen) atoms. The number of amides is 1. The molecule has 1 unspecified atom stereocenters. The lowest BCUT2D eigenvalue weighted by molar-refractivity contribution is -0.115. The highest BCUT2D eigenvalue weighted by Crippen LogP contribution is 2.27. The molecule has 0 aliphatic carbocycles. The van der Waals surface area contributed by atoms with Crippen LogP contribution in [-0.2, 0) is 21.5 Å². The lowest BCUT2D eigenvalue weighted by Crippen LogP contribution is -2.38. The lowest BCUT2D eigenvalue weighted by Gasteiger charge is -2.27. The Labute approximate surface area is 177 Å². The van der Waals surface area contributed by atoms with Crippen molar-refractivity contribution in [3.8, 4) is 0 Å². The zero-order valence-electron chi connectivity index (χ0n) is 17.9. The van der Waals surface area contributed by atoms with Crippen LogP contribution in [0.2, 0.25) is 0 Å². The topological polar surface area (TPSA) is 72.3 Å². The second kappa shape index (κ2) is 9.17. The fourth-order valence-corrected chi connectivity index (χ4v) is 4.06. The molecule has 1 amide bonds. The van der Waals surface area contributed by atoms with Gasteiger partial charge in [0.1, 0.15) is 0 Å². The largest absolute Gasteiger partial charge is 0.378 e. The van der Waals surface area contributed by atoms with E-state index in [4.69, 9.17) is 4.74 Å². The van der Waals surface area contributed by atoms with E-state index >= 15 is 0 Å². The molecule has 1 aliphatic heterocycles. The number of carbonyl (C=O) groups excluding carboxylic acids is 1. The van der Waals surface area contributed by atoms with Crippen LogP contribution in [0, 0.1) is 0 Å². The van der Waals surface area contributed by atoms with Crippen molar-refractivity contribution in [3.05, 3.63) is 29.8 Å². The number of aromatic nitrogens is 3. The summed E-state index contributed by atoms with van der Waals surface area (Å²) in [5.41, 5.74) is 2.14. The summed E-state index contributed by atoms with van der Waals surface area (Å²) in [4.78, 5) is 14.9. The van der Waals surface area contributed by atoms with Gasteiger partial charge in [0.05, 0.1) is 18.5 Å². The summed E-state index contributed by atoms with van der Waals surface area (Å²) in [6.07, 6.45) is 0. The third-order valence-electron chi connectivity index (χ3n) is 4.98. The van der Waals surface area contributed by atoms with Gasteiger partial charge in [0, 0.05) is 25.3 Å². The first-order chi connectivity index (χ1) is 13.8. The number of rotatable bonds is 6. The molecule has 1 saturated heterocycles. The fraction of sp³-hybridized carbons (Fsp3) is 0.571. The number of nitrogens with zero attached hydrogens (tertiary/aromatic N) is 4. The van der Waals surface area contributed by atoms with Crippen LogP contribution < -0.4 is 10.2 Å². The van der Waals surface area contributed by atoms with Crippen molar-refractivity contribution < 1.29 is 9.53 Å². The van der Waals surface area contributed by atoms with Gasteiger partial charge >= 0.3 is 0 Å². The van der Waals surface area contributed by atoms with Crippen LogP contribution in [0.3, 0.4) is 0 Å². The van der Waals surface area contributed by atoms with Gasteiger partial charge in [-0.05, 0) is 37.0 Å². The van der Waals surface area contributed by atoms with Crippen LogP contribution in [-0.4, -0.2) is 52.2 Å². The van der Waals surface area contributed by atoms with Gasteiger partial charge in [0.2, 0.25) is 11.9 Å². The van der Waals surface area contributed by atoms with Gasteiger partial charge in [0.15, 0.2) is 5.16 Å². The van der Waals surface area contributed by atoms with E-state index in [2.05, 4.69) is 64.8 Å². The Morgan fingerprint density at radius 2 is 1.86 bits per heavy atom. The molecule has 0 bridgehead atoms. The number of nitrogens with one attached hydrogen (secondary N) is 1. The zero-order valence-corrected chi connectivity index (χ0v) is 18.8. The highest BCUT2D eigenvalue weighted by atomic mass is 32.2. The van der Waals surface area contributed by atoms with Crippen molar-refractivity contribution in [2.24, 2.45) is 0 Å². The Morgan fingerprint density at radius 1 is 1.21 bits per heavy atom. The molecule has 1 aliphatic rings. The van der Waals surface area contributed by atoms with Gasteiger partial charge in [-0.2, -0.15) is 0 Å². The molecule has 2 aromatic rings. The molecule has 7 nitrogen and oxygen atoms in total. The molecule has 1 fully saturated rings. The molecular weight excluding hydrogens is 386 g/mol. The third-order valence-corrected chi connectivity index (χ3v) is 6.06. The standard InChI is InChI=1S/C21H31N5O2S/c1-6-26-19(25-11-13-28-14-12-25)23-24-20(26)29-15(2)18(27)22-17-9-7-16(8-10-17)21(3,4)5/h7-10,15H,6,11-14H2,1-5H3,(H,22,27). The van der Waals surface area contributed by atoms with Crippen LogP contribution >= 0.6 is 11.8 Å². The molecule has 1 N–H and O–H groups in total. The van der Waals surface area contributed by atoms with Crippen LogP contribution in [0.15, 0.2) is 29.4 Å². The highest BCUT2D eigenvalue weighted by molar-refractivity contribution is 8.00. The summed E-state index contributed by atoms with van der Waals surface area (Å²) in [6.45, 7) is 14.3. The average Bonchev–Trinajstić information content (AvgIpc) is 3.10. The number of hydrogen-bond donors (Lipinski definition) is 1. The normalized spacial score (nSPS) is 16.0. The number of hydrogen-bond acceptors (Lipinski definition) is 6. The van der Waals surface area contributed by atoms with E-state index in [0.717, 1.165) is 36.4 Å². The molecule has 2 heterocycles. The monoisotopic (exact) mass is 417 g/mol. The maximum Gasteiger partial charge on any atom is 0.237 e. The summed E-state index contributed by atoms with van der Waals surface area (Å²) < 4.78 is 7.49. The number of morpholine rings is 1. The maximum absolute atomic E-state index is 12.7. The number of ether oxygens (including phenoxy) is 1. The van der Waals surface area contributed by atoms with E-state index in [1.165, 1.54) is 17.3 Å². The molecule has 1 aromatic carbocycles. The van der Waals surface area contributed by atoms with E-state index in [-0.39, 0.29) is 16.6 Å². The van der Waals surface area contributed by atoms with E-state index in [9.17, 15) is 4.79 Å². The maximum atomic E-state index is 12.7. The molecule has 0 saturated carbocycles. The zero-order chi connectivity index (χ0) is 21.0. The molecule has 0 spiro atoms. The van der Waals surface area contributed by atoms with Gasteiger partial charge in [-0.25, -0.2) is 0 Å². The summed E-state index contributed by atoms with van der Waals surface area (Å²) >= 11 is 1.43. The summed E-state index contributed by atoms with van der Waals surface area (Å²) in [5.74, 6) is 0.806. The SMILES string of the molecule is CCn1c(SC(C)C(=O)Nc2ccc(C(C)(C)C)cc2)nnc1N1CCOCC1. The Hall–Kier alpha value is -2.06. The fourth-order valence-electron chi connectivity index (χ4n) is 3.15. The van der Waals surface area contributed by atoms with E-state index in [1.807, 2.05) is 19.1 Å². The summed E-state index contributed by atoms with van der Waals surface area (Å²) in [5, 5.41) is 12.2.